The molecule has 4 fully saturated rings. The van der Waals surface area contributed by atoms with Crippen LogP contribution >= 0.6 is 0 Å². The third-order valence-corrected chi connectivity index (χ3v) is 10.0. The summed E-state index contributed by atoms with van der Waals surface area (Å²) in [6.45, 7) is 5.88. The third-order valence-electron chi connectivity index (χ3n) is 10.0. The van der Waals surface area contributed by atoms with Gasteiger partial charge in [-0.25, -0.2) is 13.8 Å². The number of anilines is 1. The quantitative estimate of drug-likeness (QED) is 0.271. The van der Waals surface area contributed by atoms with Crippen molar-refractivity contribution in [3.63, 3.8) is 0 Å². The lowest BCUT2D eigenvalue weighted by molar-refractivity contribution is 0.0231. The van der Waals surface area contributed by atoms with E-state index in [1.54, 1.807) is 0 Å². The lowest BCUT2D eigenvalue weighted by Gasteiger charge is -2.34. The van der Waals surface area contributed by atoms with Crippen molar-refractivity contribution in [1.82, 2.24) is 25.2 Å². The molecule has 10 nitrogen and oxygen atoms in total. The minimum Gasteiger partial charge on any atom is -0.508 e. The first-order valence-electron chi connectivity index (χ1n) is 16.2. The molecule has 12 heteroatoms. The maximum Gasteiger partial charge on any atom is 0.319 e. The van der Waals surface area contributed by atoms with Gasteiger partial charge in [0.05, 0.1) is 32.5 Å². The van der Waals surface area contributed by atoms with E-state index in [1.165, 1.54) is 31.4 Å². The molecule has 4 aliphatic rings. The fraction of sp³-hybridized carbons (Fsp3) is 0.457. The Morgan fingerprint density at radius 3 is 2.55 bits per heavy atom. The Morgan fingerprint density at radius 2 is 1.85 bits per heavy atom. The van der Waals surface area contributed by atoms with Crippen molar-refractivity contribution in [3.05, 3.63) is 41.5 Å². The molecule has 0 amide bonds. The molecule has 4 aromatic rings. The molecule has 3 saturated heterocycles. The Balaban J connectivity index is 1.27. The van der Waals surface area contributed by atoms with Gasteiger partial charge in [-0.15, -0.1) is 6.42 Å². The summed E-state index contributed by atoms with van der Waals surface area (Å²) in [7, 11) is 1.45. The number of phenols is 1. The van der Waals surface area contributed by atoms with Crippen molar-refractivity contribution in [2.45, 2.75) is 37.8 Å². The molecule has 2 atom stereocenters. The van der Waals surface area contributed by atoms with E-state index < -0.39 is 11.6 Å². The average molecular weight is 643 g/mol. The number of ether oxygens (including phenoxy) is 3. The van der Waals surface area contributed by atoms with E-state index >= 15 is 4.39 Å². The van der Waals surface area contributed by atoms with Gasteiger partial charge in [-0.2, -0.15) is 9.97 Å². The normalized spacial score (nSPS) is 22.0. The van der Waals surface area contributed by atoms with Gasteiger partial charge in [-0.3, -0.25) is 4.90 Å². The van der Waals surface area contributed by atoms with Gasteiger partial charge in [0.2, 0.25) is 5.88 Å². The van der Waals surface area contributed by atoms with Crippen LogP contribution in [0.5, 0.6) is 17.6 Å². The Morgan fingerprint density at radius 1 is 1.09 bits per heavy atom. The second-order valence-electron chi connectivity index (χ2n) is 13.2. The highest BCUT2D eigenvalue weighted by Gasteiger charge is 2.45. The first-order valence-corrected chi connectivity index (χ1v) is 16.2. The average Bonchev–Trinajstić information content (AvgIpc) is 3.77. The van der Waals surface area contributed by atoms with E-state index in [9.17, 15) is 9.50 Å². The van der Waals surface area contributed by atoms with Crippen molar-refractivity contribution >= 4 is 27.5 Å². The molecule has 5 heterocycles. The van der Waals surface area contributed by atoms with Gasteiger partial charge in [-0.1, -0.05) is 12.0 Å². The SMILES string of the molecule is C#Cc1c(F)ccc2cc(O)cc(-c3nc(OC)c4c(N5CC6CCC(C5)N6)nc(OCC5(CN6CCOCC6)CC5)nc4c3F)c12. The predicted molar refractivity (Wildman–Crippen MR) is 173 cm³/mol. The smallest absolute Gasteiger partial charge is 0.319 e. The van der Waals surface area contributed by atoms with Crippen LogP contribution in [0.15, 0.2) is 24.3 Å². The number of terminal acetylenes is 1. The molecule has 2 aromatic carbocycles. The van der Waals surface area contributed by atoms with Crippen molar-refractivity contribution in [3.8, 4) is 41.2 Å². The number of nitrogens with zero attached hydrogens (tertiary/aromatic N) is 5. The topological polar surface area (TPSA) is 105 Å². The van der Waals surface area contributed by atoms with Crippen LogP contribution in [0.1, 0.15) is 31.2 Å². The summed E-state index contributed by atoms with van der Waals surface area (Å²) < 4.78 is 49.6. The molecule has 1 saturated carbocycles. The van der Waals surface area contributed by atoms with Gasteiger partial charge >= 0.3 is 6.01 Å². The van der Waals surface area contributed by atoms with E-state index in [-0.39, 0.29) is 62.9 Å². The van der Waals surface area contributed by atoms with Crippen molar-refractivity contribution in [2.75, 3.05) is 64.6 Å². The second-order valence-corrected chi connectivity index (χ2v) is 13.2. The third kappa shape index (κ3) is 5.46. The summed E-state index contributed by atoms with van der Waals surface area (Å²) >= 11 is 0. The summed E-state index contributed by atoms with van der Waals surface area (Å²) in [5.41, 5.74) is -0.170. The number of methoxy groups -OCH3 is 1. The molecule has 47 heavy (non-hydrogen) atoms. The molecular formula is C35H36F2N6O4. The number of phenolic OH excluding ortho intramolecular Hbond substituents is 1. The van der Waals surface area contributed by atoms with Crippen molar-refractivity contribution in [1.29, 1.82) is 0 Å². The highest BCUT2D eigenvalue weighted by molar-refractivity contribution is 6.04. The van der Waals surface area contributed by atoms with Gasteiger partial charge in [-0.05, 0) is 49.3 Å². The molecule has 0 spiro atoms. The number of piperazine rings is 1. The Labute approximate surface area is 271 Å². The number of aromatic hydroxyl groups is 1. The number of benzene rings is 2. The zero-order chi connectivity index (χ0) is 32.3. The van der Waals surface area contributed by atoms with E-state index in [0.29, 0.717) is 36.3 Å². The molecule has 2 bridgehead atoms. The molecule has 3 aliphatic heterocycles. The molecule has 2 N–H and O–H groups in total. The number of pyridine rings is 1. The highest BCUT2D eigenvalue weighted by atomic mass is 19.1. The monoisotopic (exact) mass is 642 g/mol. The van der Waals surface area contributed by atoms with Crippen LogP contribution in [-0.2, 0) is 4.74 Å². The number of rotatable bonds is 8. The lowest BCUT2D eigenvalue weighted by Crippen LogP contribution is -2.51. The second kappa shape index (κ2) is 11.7. The summed E-state index contributed by atoms with van der Waals surface area (Å²) in [4.78, 5) is 18.7. The summed E-state index contributed by atoms with van der Waals surface area (Å²) in [5, 5.41) is 15.3. The van der Waals surface area contributed by atoms with Gasteiger partial charge in [0, 0.05) is 61.2 Å². The summed E-state index contributed by atoms with van der Waals surface area (Å²) in [6, 6.07) is 6.12. The van der Waals surface area contributed by atoms with Gasteiger partial charge in [0.25, 0.3) is 0 Å². The van der Waals surface area contributed by atoms with Gasteiger partial charge < -0.3 is 29.5 Å². The van der Waals surface area contributed by atoms with Crippen molar-refractivity contribution in [2.24, 2.45) is 5.41 Å². The van der Waals surface area contributed by atoms with E-state index in [0.717, 1.165) is 58.5 Å². The molecule has 244 valence electrons. The maximum absolute atomic E-state index is 17.0. The Hall–Kier alpha value is -4.31. The number of nitrogens with one attached hydrogen (secondary N) is 1. The molecular weight excluding hydrogens is 606 g/mol. The molecule has 2 aromatic heterocycles. The molecule has 2 unspecified atom stereocenters. The van der Waals surface area contributed by atoms with Gasteiger partial charge in [0.1, 0.15) is 34.0 Å². The lowest BCUT2D eigenvalue weighted by atomic mass is 9.95. The van der Waals surface area contributed by atoms with Crippen molar-refractivity contribution < 1.29 is 28.1 Å². The fourth-order valence-corrected chi connectivity index (χ4v) is 7.42. The number of morpholine rings is 1. The number of fused-ring (bicyclic) bond motifs is 4. The van der Waals surface area contributed by atoms with Crippen LogP contribution < -0.4 is 19.7 Å². The van der Waals surface area contributed by atoms with Crippen LogP contribution in [0.25, 0.3) is 32.9 Å². The number of halogens is 2. The minimum absolute atomic E-state index is 0.0141. The van der Waals surface area contributed by atoms with Crippen LogP contribution in [0.4, 0.5) is 14.6 Å². The fourth-order valence-electron chi connectivity index (χ4n) is 7.42. The van der Waals surface area contributed by atoms with E-state index in [1.807, 2.05) is 0 Å². The van der Waals surface area contributed by atoms with Crippen LogP contribution in [0, 0.1) is 29.4 Å². The summed E-state index contributed by atoms with van der Waals surface area (Å²) in [6.07, 6.45) is 9.87. The van der Waals surface area contributed by atoms with Crippen LogP contribution in [-0.4, -0.2) is 96.7 Å². The Kier molecular flexibility index (Phi) is 7.50. The van der Waals surface area contributed by atoms with Crippen LogP contribution in [0.3, 0.4) is 0 Å². The van der Waals surface area contributed by atoms with Crippen LogP contribution in [0.2, 0.25) is 0 Å². The molecule has 8 rings (SSSR count). The summed E-state index contributed by atoms with van der Waals surface area (Å²) in [5.74, 6) is 1.41. The Bertz CT molecular complexity index is 1910. The zero-order valence-corrected chi connectivity index (χ0v) is 26.2. The van der Waals surface area contributed by atoms with E-state index in [2.05, 4.69) is 31.0 Å². The standard InChI is InChI=1S/C35H36F2N6O4/c1-3-24-26(36)7-4-20-14-23(44)15-25(27(20)24)30-29(37)31-28(33(39-30)45-2)32(43-16-21-5-6-22(17-43)38-21)41-34(40-31)47-19-35(8-9-35)18-42-10-12-46-13-11-42/h1,4,7,14-15,21-22,38,44H,5-6,8-13,16-19H2,2H3. The molecule has 0 radical (unpaired) electrons. The number of hydrogen-bond donors (Lipinski definition) is 2. The largest absolute Gasteiger partial charge is 0.508 e. The maximum atomic E-state index is 17.0. The number of hydrogen-bond acceptors (Lipinski definition) is 10. The first kappa shape index (κ1) is 30.1. The molecule has 1 aliphatic carbocycles. The number of aromatic nitrogens is 3. The first-order chi connectivity index (χ1) is 22.8. The van der Waals surface area contributed by atoms with Gasteiger partial charge in [0.15, 0.2) is 5.82 Å². The van der Waals surface area contributed by atoms with E-state index in [4.69, 9.17) is 25.6 Å². The highest BCUT2D eigenvalue weighted by Crippen LogP contribution is 2.47. The zero-order valence-electron chi connectivity index (χ0n) is 26.2. The predicted octanol–water partition coefficient (Wildman–Crippen LogP) is 4.25. The minimum atomic E-state index is -0.777.